The third-order valence-electron chi connectivity index (χ3n) is 5.24. The van der Waals surface area contributed by atoms with Crippen LogP contribution in [0.1, 0.15) is 47.3 Å². The average Bonchev–Trinajstić information content (AvgIpc) is 3.51. The van der Waals surface area contributed by atoms with E-state index in [0.717, 1.165) is 53.8 Å². The third-order valence-corrected chi connectivity index (χ3v) is 8.09. The monoisotopic (exact) mass is 443 g/mol. The first-order valence-corrected chi connectivity index (χ1v) is 12.6. The maximum Gasteiger partial charge on any atom is 0.253 e. The molecule has 1 unspecified atom stereocenters. The molecule has 0 aromatic carbocycles. The van der Waals surface area contributed by atoms with E-state index in [1.165, 1.54) is 23.1 Å². The summed E-state index contributed by atoms with van der Waals surface area (Å²) in [5.41, 5.74) is 0.994. The van der Waals surface area contributed by atoms with Crippen molar-refractivity contribution in [2.75, 3.05) is 5.75 Å². The highest BCUT2D eigenvalue weighted by Gasteiger charge is 2.34. The molecule has 6 nitrogen and oxygen atoms in total. The van der Waals surface area contributed by atoms with Crippen molar-refractivity contribution in [2.45, 2.75) is 49.8 Å². The van der Waals surface area contributed by atoms with Crippen LogP contribution in [0.3, 0.4) is 0 Å². The van der Waals surface area contributed by atoms with E-state index in [1.807, 2.05) is 12.1 Å². The number of amides is 1. The standard InChI is InChI=1S/C20H21N5OS3/c26-19(13-29-20-22-21-18-8-2-1-3-9-24(18)20)25-15(17-7-5-11-28-17)12-14(23-25)16-6-4-10-27-16/h4-7,10-11,15H,1-3,8-9,12-13H2. The number of hydrogen-bond donors (Lipinski definition) is 0. The zero-order chi connectivity index (χ0) is 19.6. The highest BCUT2D eigenvalue weighted by molar-refractivity contribution is 7.99. The Morgan fingerprint density at radius 3 is 2.86 bits per heavy atom. The fourth-order valence-corrected chi connectivity index (χ4v) is 6.16. The minimum Gasteiger partial charge on any atom is -0.306 e. The number of thioether (sulfide) groups is 1. The predicted octanol–water partition coefficient (Wildman–Crippen LogP) is 4.60. The molecule has 0 fully saturated rings. The number of nitrogens with zero attached hydrogens (tertiary/aromatic N) is 5. The molecule has 0 N–H and O–H groups in total. The SMILES string of the molecule is O=C(CSc1nnc2n1CCCCC2)N1N=C(c2cccs2)CC1c1cccs1. The van der Waals surface area contributed by atoms with Crippen molar-refractivity contribution >= 4 is 46.1 Å². The number of rotatable bonds is 5. The van der Waals surface area contributed by atoms with Crippen LogP contribution in [0.15, 0.2) is 45.3 Å². The molecule has 1 atom stereocenters. The minimum atomic E-state index is -0.0179. The largest absolute Gasteiger partial charge is 0.306 e. The molecule has 2 aliphatic heterocycles. The number of aromatic nitrogens is 3. The fraction of sp³-hybridized carbons (Fsp3) is 0.400. The maximum absolute atomic E-state index is 13.1. The van der Waals surface area contributed by atoms with Gasteiger partial charge in [0.15, 0.2) is 5.16 Å². The number of carbonyl (C=O) groups excluding carboxylic acids is 1. The molecule has 0 spiro atoms. The topological polar surface area (TPSA) is 63.4 Å². The van der Waals surface area contributed by atoms with Crippen molar-refractivity contribution in [1.82, 2.24) is 19.8 Å². The Kier molecular flexibility index (Phi) is 5.52. The van der Waals surface area contributed by atoms with Gasteiger partial charge in [0.05, 0.1) is 22.4 Å². The lowest BCUT2D eigenvalue weighted by molar-refractivity contribution is -0.130. The molecule has 9 heteroatoms. The van der Waals surface area contributed by atoms with Gasteiger partial charge in [0, 0.05) is 24.3 Å². The molecule has 1 amide bonds. The van der Waals surface area contributed by atoms with Crippen molar-refractivity contribution in [3.8, 4) is 0 Å². The smallest absolute Gasteiger partial charge is 0.253 e. The molecule has 0 saturated heterocycles. The van der Waals surface area contributed by atoms with E-state index in [-0.39, 0.29) is 11.9 Å². The summed E-state index contributed by atoms with van der Waals surface area (Å²) in [6.45, 7) is 0.946. The molecule has 2 aliphatic rings. The van der Waals surface area contributed by atoms with E-state index in [2.05, 4.69) is 37.7 Å². The average molecular weight is 444 g/mol. The first-order valence-electron chi connectivity index (χ1n) is 9.81. The molecule has 5 rings (SSSR count). The summed E-state index contributed by atoms with van der Waals surface area (Å²) in [6.07, 6.45) is 5.27. The lowest BCUT2D eigenvalue weighted by atomic mass is 10.1. The second-order valence-corrected chi connectivity index (χ2v) is 10.0. The van der Waals surface area contributed by atoms with Crippen molar-refractivity contribution in [3.05, 3.63) is 50.6 Å². The summed E-state index contributed by atoms with van der Waals surface area (Å²) in [5.74, 6) is 1.39. The lowest BCUT2D eigenvalue weighted by Crippen LogP contribution is -2.28. The van der Waals surface area contributed by atoms with Gasteiger partial charge in [0.25, 0.3) is 5.91 Å². The summed E-state index contributed by atoms with van der Waals surface area (Å²) in [4.78, 5) is 15.5. The first-order chi connectivity index (χ1) is 14.3. The summed E-state index contributed by atoms with van der Waals surface area (Å²) in [7, 11) is 0. The summed E-state index contributed by atoms with van der Waals surface area (Å²) >= 11 is 4.83. The predicted molar refractivity (Wildman–Crippen MR) is 118 cm³/mol. The van der Waals surface area contributed by atoms with E-state index in [1.54, 1.807) is 27.7 Å². The van der Waals surface area contributed by atoms with Crippen LogP contribution in [0.5, 0.6) is 0 Å². The maximum atomic E-state index is 13.1. The molecule has 0 radical (unpaired) electrons. The Balaban J connectivity index is 1.34. The van der Waals surface area contributed by atoms with Gasteiger partial charge in [-0.15, -0.1) is 32.9 Å². The zero-order valence-corrected chi connectivity index (χ0v) is 18.3. The van der Waals surface area contributed by atoms with Crippen LogP contribution >= 0.6 is 34.4 Å². The van der Waals surface area contributed by atoms with Gasteiger partial charge >= 0.3 is 0 Å². The minimum absolute atomic E-state index is 0.0179. The summed E-state index contributed by atoms with van der Waals surface area (Å²) < 4.78 is 2.19. The van der Waals surface area contributed by atoms with Crippen molar-refractivity contribution in [3.63, 3.8) is 0 Å². The molecule has 0 saturated carbocycles. The van der Waals surface area contributed by atoms with Crippen LogP contribution in [0.2, 0.25) is 0 Å². The summed E-state index contributed by atoms with van der Waals surface area (Å²) in [6, 6.07) is 8.21. The van der Waals surface area contributed by atoms with Gasteiger partial charge in [0.1, 0.15) is 5.82 Å². The molecule has 0 bridgehead atoms. The Morgan fingerprint density at radius 2 is 2.03 bits per heavy atom. The first kappa shape index (κ1) is 19.0. The van der Waals surface area contributed by atoms with Crippen molar-refractivity contribution < 1.29 is 4.79 Å². The molecule has 0 aliphatic carbocycles. The van der Waals surface area contributed by atoms with E-state index < -0.39 is 0 Å². The molecule has 3 aromatic heterocycles. The number of aryl methyl sites for hydroxylation is 1. The fourth-order valence-electron chi connectivity index (χ4n) is 3.79. The Labute approximate surface area is 181 Å². The Hall–Kier alpha value is -1.97. The molecular weight excluding hydrogens is 422 g/mol. The van der Waals surface area contributed by atoms with Crippen molar-refractivity contribution in [1.29, 1.82) is 0 Å². The van der Waals surface area contributed by atoms with E-state index >= 15 is 0 Å². The highest BCUT2D eigenvalue weighted by atomic mass is 32.2. The highest BCUT2D eigenvalue weighted by Crippen LogP contribution is 2.36. The van der Waals surface area contributed by atoms with Gasteiger partial charge < -0.3 is 4.57 Å². The van der Waals surface area contributed by atoms with E-state index in [4.69, 9.17) is 5.10 Å². The number of thiophene rings is 2. The normalized spacial score (nSPS) is 19.1. The van der Waals surface area contributed by atoms with Crippen LogP contribution in [0.25, 0.3) is 0 Å². The van der Waals surface area contributed by atoms with E-state index in [9.17, 15) is 4.79 Å². The number of fused-ring (bicyclic) bond motifs is 1. The van der Waals surface area contributed by atoms with Crippen LogP contribution in [-0.4, -0.2) is 37.1 Å². The molecule has 5 heterocycles. The van der Waals surface area contributed by atoms with Gasteiger partial charge in [0.2, 0.25) is 0 Å². The number of hydrazone groups is 1. The van der Waals surface area contributed by atoms with Gasteiger partial charge in [-0.05, 0) is 35.7 Å². The molecule has 150 valence electrons. The lowest BCUT2D eigenvalue weighted by Gasteiger charge is -2.20. The Bertz CT molecular complexity index is 1010. The number of carbonyl (C=O) groups is 1. The van der Waals surface area contributed by atoms with Crippen molar-refractivity contribution in [2.24, 2.45) is 5.10 Å². The molecular formula is C20H21N5OS3. The van der Waals surface area contributed by atoms with Gasteiger partial charge in [-0.25, -0.2) is 5.01 Å². The summed E-state index contributed by atoms with van der Waals surface area (Å²) in [5, 5.41) is 20.1. The third kappa shape index (κ3) is 3.91. The quantitative estimate of drug-likeness (QED) is 0.541. The molecule has 3 aromatic rings. The van der Waals surface area contributed by atoms with E-state index in [0.29, 0.717) is 5.75 Å². The van der Waals surface area contributed by atoms with Gasteiger partial charge in [-0.2, -0.15) is 5.10 Å². The number of hydrogen-bond acceptors (Lipinski definition) is 7. The van der Waals surface area contributed by atoms with Gasteiger partial charge in [-0.3, -0.25) is 4.79 Å². The second-order valence-electron chi connectivity index (χ2n) is 7.15. The zero-order valence-electron chi connectivity index (χ0n) is 15.9. The van der Waals surface area contributed by atoms with Crippen LogP contribution in [-0.2, 0) is 17.8 Å². The molecule has 29 heavy (non-hydrogen) atoms. The Morgan fingerprint density at radius 1 is 1.14 bits per heavy atom. The van der Waals surface area contributed by atoms with Crippen LogP contribution in [0, 0.1) is 0 Å². The van der Waals surface area contributed by atoms with Gasteiger partial charge in [-0.1, -0.05) is 30.3 Å². The van der Waals surface area contributed by atoms with Crippen LogP contribution in [0.4, 0.5) is 0 Å². The second kappa shape index (κ2) is 8.41. The van der Waals surface area contributed by atoms with Crippen LogP contribution < -0.4 is 0 Å².